The van der Waals surface area contributed by atoms with E-state index in [9.17, 15) is 14.4 Å². The van der Waals surface area contributed by atoms with Crippen molar-refractivity contribution in [3.8, 4) is 0 Å². The van der Waals surface area contributed by atoms with Gasteiger partial charge >= 0.3 is 5.97 Å². The standard InChI is InChI=1S/C19H27ClN4O4/c1-3-4-9-24-18(20)15(13(2)22-24)5-6-17(26)28-12-16(25)23-10-7-14(8-11-23)19(21)27/h5-6,14H,3-4,7-12H2,1-2H3,(H2,21,27)/b6-5+. The Bertz CT molecular complexity index is 751. The lowest BCUT2D eigenvalue weighted by molar-refractivity contribution is -0.149. The molecule has 0 radical (unpaired) electrons. The Morgan fingerprint density at radius 1 is 1.32 bits per heavy atom. The van der Waals surface area contributed by atoms with Crippen molar-refractivity contribution < 1.29 is 19.1 Å². The lowest BCUT2D eigenvalue weighted by Gasteiger charge is -2.30. The number of piperidine rings is 1. The first-order valence-corrected chi connectivity index (χ1v) is 9.86. The molecule has 0 aliphatic carbocycles. The lowest BCUT2D eigenvalue weighted by Crippen LogP contribution is -2.43. The largest absolute Gasteiger partial charge is 0.452 e. The van der Waals surface area contributed by atoms with Crippen LogP contribution in [-0.2, 0) is 25.7 Å². The molecule has 0 spiro atoms. The molecule has 0 atom stereocenters. The zero-order valence-corrected chi connectivity index (χ0v) is 17.1. The molecule has 8 nitrogen and oxygen atoms in total. The van der Waals surface area contributed by atoms with Crippen molar-refractivity contribution >= 4 is 35.5 Å². The van der Waals surface area contributed by atoms with Gasteiger partial charge in [-0.15, -0.1) is 0 Å². The van der Waals surface area contributed by atoms with E-state index in [2.05, 4.69) is 12.0 Å². The van der Waals surface area contributed by atoms with Crippen LogP contribution in [0.15, 0.2) is 6.08 Å². The number of esters is 1. The van der Waals surface area contributed by atoms with Gasteiger partial charge in [0.25, 0.3) is 5.91 Å². The molecule has 1 aliphatic heterocycles. The van der Waals surface area contributed by atoms with E-state index in [1.165, 1.54) is 6.08 Å². The number of hydrogen-bond donors (Lipinski definition) is 1. The summed E-state index contributed by atoms with van der Waals surface area (Å²) in [5.41, 5.74) is 6.66. The molecule has 1 saturated heterocycles. The molecule has 1 aromatic rings. The molecular weight excluding hydrogens is 384 g/mol. The first-order valence-electron chi connectivity index (χ1n) is 9.48. The fourth-order valence-corrected chi connectivity index (χ4v) is 3.37. The summed E-state index contributed by atoms with van der Waals surface area (Å²) in [7, 11) is 0. The van der Waals surface area contributed by atoms with Crippen molar-refractivity contribution in [3.63, 3.8) is 0 Å². The molecule has 1 aromatic heterocycles. The van der Waals surface area contributed by atoms with Gasteiger partial charge in [0, 0.05) is 37.2 Å². The van der Waals surface area contributed by atoms with Gasteiger partial charge in [0.05, 0.1) is 5.69 Å². The lowest BCUT2D eigenvalue weighted by atomic mass is 9.96. The number of rotatable bonds is 8. The average molecular weight is 411 g/mol. The van der Waals surface area contributed by atoms with Gasteiger partial charge in [0.1, 0.15) is 5.15 Å². The second-order valence-electron chi connectivity index (χ2n) is 6.87. The number of hydrogen-bond acceptors (Lipinski definition) is 5. The quantitative estimate of drug-likeness (QED) is 0.520. The smallest absolute Gasteiger partial charge is 0.331 e. The van der Waals surface area contributed by atoms with Gasteiger partial charge in [-0.05, 0) is 32.3 Å². The third-order valence-corrected chi connectivity index (χ3v) is 5.21. The van der Waals surface area contributed by atoms with E-state index in [0.717, 1.165) is 25.1 Å². The normalized spacial score (nSPS) is 15.2. The van der Waals surface area contributed by atoms with Gasteiger partial charge < -0.3 is 15.4 Å². The van der Waals surface area contributed by atoms with Crippen LogP contribution in [0.5, 0.6) is 0 Å². The number of unbranched alkanes of at least 4 members (excludes halogenated alkanes) is 1. The molecule has 1 fully saturated rings. The summed E-state index contributed by atoms with van der Waals surface area (Å²) in [6.07, 6.45) is 5.86. The fourth-order valence-electron chi connectivity index (χ4n) is 3.05. The van der Waals surface area contributed by atoms with Crippen LogP contribution in [0.1, 0.15) is 43.9 Å². The summed E-state index contributed by atoms with van der Waals surface area (Å²) in [4.78, 5) is 36.8. The Morgan fingerprint density at radius 2 is 2.00 bits per heavy atom. The Kier molecular flexibility index (Phi) is 8.04. The van der Waals surface area contributed by atoms with Crippen LogP contribution in [-0.4, -0.2) is 52.2 Å². The van der Waals surface area contributed by atoms with E-state index in [-0.39, 0.29) is 24.3 Å². The second-order valence-corrected chi connectivity index (χ2v) is 7.22. The Labute approximate surface area is 169 Å². The van der Waals surface area contributed by atoms with Crippen LogP contribution >= 0.6 is 11.6 Å². The predicted molar refractivity (Wildman–Crippen MR) is 105 cm³/mol. The van der Waals surface area contributed by atoms with Gasteiger partial charge in [-0.25, -0.2) is 4.79 Å². The number of nitrogens with two attached hydrogens (primary N) is 1. The van der Waals surface area contributed by atoms with Crippen molar-refractivity contribution in [2.75, 3.05) is 19.7 Å². The Balaban J connectivity index is 1.83. The van der Waals surface area contributed by atoms with Crippen molar-refractivity contribution in [2.24, 2.45) is 11.7 Å². The minimum Gasteiger partial charge on any atom is -0.452 e. The van der Waals surface area contributed by atoms with Gasteiger partial charge in [0.15, 0.2) is 6.61 Å². The molecule has 154 valence electrons. The number of amides is 2. The molecule has 0 aromatic carbocycles. The number of nitrogens with zero attached hydrogens (tertiary/aromatic N) is 3. The average Bonchev–Trinajstić information content (AvgIpc) is 2.95. The predicted octanol–water partition coefficient (Wildman–Crippen LogP) is 1.93. The molecule has 2 amide bonds. The van der Waals surface area contributed by atoms with E-state index >= 15 is 0 Å². The molecule has 28 heavy (non-hydrogen) atoms. The fraction of sp³-hybridized carbons (Fsp3) is 0.579. The number of ether oxygens (including phenoxy) is 1. The van der Waals surface area contributed by atoms with Crippen LogP contribution in [0.2, 0.25) is 5.15 Å². The molecule has 2 rings (SSSR count). The number of likely N-dealkylation sites (tertiary alicyclic amines) is 1. The van der Waals surface area contributed by atoms with E-state index in [0.29, 0.717) is 36.6 Å². The van der Waals surface area contributed by atoms with E-state index < -0.39 is 5.97 Å². The highest BCUT2D eigenvalue weighted by atomic mass is 35.5. The van der Waals surface area contributed by atoms with Crippen LogP contribution in [0.25, 0.3) is 6.08 Å². The van der Waals surface area contributed by atoms with Gasteiger partial charge in [-0.1, -0.05) is 24.9 Å². The van der Waals surface area contributed by atoms with E-state index in [1.807, 2.05) is 6.92 Å². The Morgan fingerprint density at radius 3 is 2.61 bits per heavy atom. The first kappa shape index (κ1) is 21.9. The summed E-state index contributed by atoms with van der Waals surface area (Å²) in [5.74, 6) is -1.44. The number of primary amides is 1. The number of aryl methyl sites for hydroxylation is 2. The summed E-state index contributed by atoms with van der Waals surface area (Å²) in [6.45, 7) is 5.15. The maximum atomic E-state index is 12.1. The molecule has 0 saturated carbocycles. The zero-order valence-electron chi connectivity index (χ0n) is 16.3. The maximum Gasteiger partial charge on any atom is 0.331 e. The van der Waals surface area contributed by atoms with Crippen molar-refractivity contribution in [1.82, 2.24) is 14.7 Å². The van der Waals surface area contributed by atoms with Crippen molar-refractivity contribution in [2.45, 2.75) is 46.1 Å². The molecule has 2 N–H and O–H groups in total. The van der Waals surface area contributed by atoms with Gasteiger partial charge in [-0.2, -0.15) is 5.10 Å². The summed E-state index contributed by atoms with van der Waals surface area (Å²) < 4.78 is 6.74. The van der Waals surface area contributed by atoms with E-state index in [4.69, 9.17) is 22.1 Å². The third kappa shape index (κ3) is 5.82. The number of aromatic nitrogens is 2. The van der Waals surface area contributed by atoms with Crippen molar-refractivity contribution in [1.29, 1.82) is 0 Å². The minimum absolute atomic E-state index is 0.194. The molecule has 0 bridgehead atoms. The third-order valence-electron chi connectivity index (χ3n) is 4.81. The summed E-state index contributed by atoms with van der Waals surface area (Å²) in [5, 5.41) is 4.84. The zero-order chi connectivity index (χ0) is 20.7. The first-order chi connectivity index (χ1) is 13.3. The summed E-state index contributed by atoms with van der Waals surface area (Å²) in [6, 6.07) is 0. The maximum absolute atomic E-state index is 12.1. The SMILES string of the molecule is CCCCn1nc(C)c(/C=C/C(=O)OCC(=O)N2CCC(C(N)=O)CC2)c1Cl. The molecule has 9 heteroatoms. The second kappa shape index (κ2) is 10.3. The van der Waals surface area contributed by atoms with Gasteiger partial charge in [0.2, 0.25) is 5.91 Å². The number of halogens is 1. The highest BCUT2D eigenvalue weighted by Crippen LogP contribution is 2.22. The van der Waals surface area contributed by atoms with E-state index in [1.54, 1.807) is 15.7 Å². The van der Waals surface area contributed by atoms with Crippen LogP contribution in [0, 0.1) is 12.8 Å². The molecular formula is C19H27ClN4O4. The van der Waals surface area contributed by atoms with Gasteiger partial charge in [-0.3, -0.25) is 14.3 Å². The Hall–Kier alpha value is -2.35. The minimum atomic E-state index is -0.628. The topological polar surface area (TPSA) is 108 Å². The molecule has 1 aliphatic rings. The molecule has 0 unspecified atom stereocenters. The number of carbonyl (C=O) groups is 3. The summed E-state index contributed by atoms with van der Waals surface area (Å²) >= 11 is 6.32. The van der Waals surface area contributed by atoms with Crippen LogP contribution in [0.3, 0.4) is 0 Å². The molecule has 2 heterocycles. The highest BCUT2D eigenvalue weighted by molar-refractivity contribution is 6.31. The highest BCUT2D eigenvalue weighted by Gasteiger charge is 2.26. The van der Waals surface area contributed by atoms with Crippen molar-refractivity contribution in [3.05, 3.63) is 22.5 Å². The van der Waals surface area contributed by atoms with Crippen LogP contribution in [0.4, 0.5) is 0 Å². The number of carbonyl (C=O) groups excluding carboxylic acids is 3. The van der Waals surface area contributed by atoms with Crippen LogP contribution < -0.4 is 5.73 Å². The monoisotopic (exact) mass is 410 g/mol.